The minimum Gasteiger partial charge on any atom is -0.492 e. The number of hydrogen-bond donors (Lipinski definition) is 2. The molecule has 0 saturated carbocycles. The normalized spacial score (nSPS) is 10.2. The Kier molecular flexibility index (Phi) is 4.60. The number of benzene rings is 1. The van der Waals surface area contributed by atoms with Gasteiger partial charge in [0.05, 0.1) is 5.69 Å². The Hall–Kier alpha value is -1.75. The molecular weight excluding hydrogens is 204 g/mol. The fraction of sp³-hybridized carbons (Fsp3) is 0.364. The molecule has 1 aromatic carbocycles. The molecule has 0 aliphatic rings. The molecule has 0 aromatic heterocycles. The van der Waals surface area contributed by atoms with E-state index in [0.717, 1.165) is 18.0 Å². The monoisotopic (exact) mass is 222 g/mol. The fourth-order valence-electron chi connectivity index (χ4n) is 1.11. The van der Waals surface area contributed by atoms with Crippen molar-refractivity contribution in [3.8, 4) is 5.75 Å². The summed E-state index contributed by atoms with van der Waals surface area (Å²) in [4.78, 5) is 5.98. The van der Waals surface area contributed by atoms with Crippen LogP contribution in [0.1, 0.15) is 0 Å². The summed E-state index contributed by atoms with van der Waals surface area (Å²) in [6, 6.07) is 7.31. The lowest BCUT2D eigenvalue weighted by atomic mass is 10.3. The lowest BCUT2D eigenvalue weighted by molar-refractivity contribution is 0.261. The highest BCUT2D eigenvalue weighted by Crippen LogP contribution is 2.17. The number of aliphatic imine (C=N–C) groups is 1. The van der Waals surface area contributed by atoms with Gasteiger partial charge in [-0.15, -0.1) is 0 Å². The van der Waals surface area contributed by atoms with Gasteiger partial charge >= 0.3 is 0 Å². The third-order valence-corrected chi connectivity index (χ3v) is 1.90. The number of nitrogens with zero attached hydrogens (tertiary/aromatic N) is 2. The van der Waals surface area contributed by atoms with Crippen molar-refractivity contribution >= 4 is 11.6 Å². The molecule has 0 aliphatic carbocycles. The second kappa shape index (κ2) is 5.97. The molecule has 4 N–H and O–H groups in total. The van der Waals surface area contributed by atoms with E-state index in [0.29, 0.717) is 6.61 Å². The molecule has 5 nitrogen and oxygen atoms in total. The van der Waals surface area contributed by atoms with Crippen LogP contribution in [0.15, 0.2) is 29.3 Å². The van der Waals surface area contributed by atoms with Gasteiger partial charge in [-0.05, 0) is 38.4 Å². The van der Waals surface area contributed by atoms with Gasteiger partial charge in [-0.2, -0.15) is 0 Å². The van der Waals surface area contributed by atoms with Crippen molar-refractivity contribution in [1.82, 2.24) is 4.90 Å². The van der Waals surface area contributed by atoms with Crippen molar-refractivity contribution in [3.05, 3.63) is 24.3 Å². The van der Waals surface area contributed by atoms with Gasteiger partial charge in [-0.3, -0.25) is 0 Å². The van der Waals surface area contributed by atoms with Crippen molar-refractivity contribution in [2.75, 3.05) is 27.2 Å². The van der Waals surface area contributed by atoms with Crippen LogP contribution in [-0.2, 0) is 0 Å². The van der Waals surface area contributed by atoms with Gasteiger partial charge in [0.25, 0.3) is 0 Å². The summed E-state index contributed by atoms with van der Waals surface area (Å²) in [5.41, 5.74) is 11.3. The highest BCUT2D eigenvalue weighted by atomic mass is 16.5. The largest absolute Gasteiger partial charge is 0.492 e. The van der Waals surface area contributed by atoms with E-state index in [1.807, 2.05) is 38.4 Å². The summed E-state index contributed by atoms with van der Waals surface area (Å²) in [5, 5.41) is 0. The van der Waals surface area contributed by atoms with Gasteiger partial charge in [0.2, 0.25) is 0 Å². The molecule has 0 bridgehead atoms. The van der Waals surface area contributed by atoms with Gasteiger partial charge in [-0.1, -0.05) is 0 Å². The number of likely N-dealkylation sites (N-methyl/N-ethyl adjacent to an activating group) is 1. The Morgan fingerprint density at radius 3 is 2.38 bits per heavy atom. The van der Waals surface area contributed by atoms with Crippen LogP contribution < -0.4 is 16.2 Å². The summed E-state index contributed by atoms with van der Waals surface area (Å²) in [6.45, 7) is 1.55. The van der Waals surface area contributed by atoms with Crippen LogP contribution in [0.5, 0.6) is 5.75 Å². The van der Waals surface area contributed by atoms with E-state index >= 15 is 0 Å². The number of rotatable bonds is 5. The van der Waals surface area contributed by atoms with Gasteiger partial charge < -0.3 is 21.1 Å². The van der Waals surface area contributed by atoms with Gasteiger partial charge in [-0.25, -0.2) is 4.99 Å². The molecule has 0 unspecified atom stereocenters. The standard InChI is InChI=1S/C11H18N4O/c1-15(2)7-8-16-10-5-3-9(4-6-10)14-11(12)13/h3-6H,7-8H2,1-2H3,(H4,12,13,14). The second-order valence-electron chi connectivity index (χ2n) is 3.68. The van der Waals surface area contributed by atoms with E-state index in [-0.39, 0.29) is 5.96 Å². The quantitative estimate of drug-likeness (QED) is 0.563. The Bertz CT molecular complexity index is 342. The maximum absolute atomic E-state index is 5.52. The average molecular weight is 222 g/mol. The lowest BCUT2D eigenvalue weighted by Gasteiger charge is -2.10. The van der Waals surface area contributed by atoms with Crippen molar-refractivity contribution in [2.24, 2.45) is 16.5 Å². The van der Waals surface area contributed by atoms with E-state index in [9.17, 15) is 0 Å². The van der Waals surface area contributed by atoms with Crippen molar-refractivity contribution in [2.45, 2.75) is 0 Å². The van der Waals surface area contributed by atoms with Crippen LogP contribution in [-0.4, -0.2) is 38.1 Å². The molecule has 1 aromatic rings. The lowest BCUT2D eigenvalue weighted by Crippen LogP contribution is -2.21. The topological polar surface area (TPSA) is 76.9 Å². The Morgan fingerprint density at radius 1 is 1.25 bits per heavy atom. The smallest absolute Gasteiger partial charge is 0.191 e. The molecule has 0 radical (unpaired) electrons. The van der Waals surface area contributed by atoms with Crippen LogP contribution >= 0.6 is 0 Å². The number of guanidine groups is 1. The molecule has 0 spiro atoms. The summed E-state index contributed by atoms with van der Waals surface area (Å²) in [5.74, 6) is 0.873. The van der Waals surface area contributed by atoms with Crippen molar-refractivity contribution < 1.29 is 4.74 Å². The SMILES string of the molecule is CN(C)CCOc1ccc(N=C(N)N)cc1. The third-order valence-electron chi connectivity index (χ3n) is 1.90. The zero-order valence-electron chi connectivity index (χ0n) is 9.68. The molecule has 16 heavy (non-hydrogen) atoms. The summed E-state index contributed by atoms with van der Waals surface area (Å²) in [7, 11) is 4.01. The maximum Gasteiger partial charge on any atom is 0.191 e. The van der Waals surface area contributed by atoms with Crippen molar-refractivity contribution in [1.29, 1.82) is 0 Å². The molecule has 0 aliphatic heterocycles. The number of nitrogens with two attached hydrogens (primary N) is 2. The zero-order chi connectivity index (χ0) is 12.0. The first-order valence-corrected chi connectivity index (χ1v) is 5.05. The van der Waals surface area contributed by atoms with Crippen LogP contribution in [0.3, 0.4) is 0 Å². The van der Waals surface area contributed by atoms with Crippen LogP contribution in [0.25, 0.3) is 0 Å². The summed E-state index contributed by atoms with van der Waals surface area (Å²) in [6.07, 6.45) is 0. The molecule has 0 amide bonds. The molecule has 88 valence electrons. The molecular formula is C11H18N4O. The summed E-state index contributed by atoms with van der Waals surface area (Å²) < 4.78 is 5.52. The minimum absolute atomic E-state index is 0.0567. The van der Waals surface area contributed by atoms with Crippen LogP contribution in [0.2, 0.25) is 0 Å². The zero-order valence-corrected chi connectivity index (χ0v) is 9.68. The molecule has 0 fully saturated rings. The molecule has 0 heterocycles. The van der Waals surface area contributed by atoms with Gasteiger partial charge in [0.1, 0.15) is 12.4 Å². The highest BCUT2D eigenvalue weighted by Gasteiger charge is 1.95. The van der Waals surface area contributed by atoms with Crippen LogP contribution in [0, 0.1) is 0 Å². The van der Waals surface area contributed by atoms with E-state index in [2.05, 4.69) is 9.89 Å². The van der Waals surface area contributed by atoms with Crippen molar-refractivity contribution in [3.63, 3.8) is 0 Å². The van der Waals surface area contributed by atoms with E-state index in [1.54, 1.807) is 0 Å². The number of ether oxygens (including phenoxy) is 1. The minimum atomic E-state index is 0.0567. The van der Waals surface area contributed by atoms with Gasteiger partial charge in [0.15, 0.2) is 5.96 Å². The molecule has 0 saturated heterocycles. The highest BCUT2D eigenvalue weighted by molar-refractivity contribution is 5.78. The first-order chi connectivity index (χ1) is 7.58. The first-order valence-electron chi connectivity index (χ1n) is 5.05. The second-order valence-corrected chi connectivity index (χ2v) is 3.68. The summed E-state index contributed by atoms with van der Waals surface area (Å²) >= 11 is 0. The number of hydrogen-bond acceptors (Lipinski definition) is 3. The predicted molar refractivity (Wildman–Crippen MR) is 66.0 cm³/mol. The van der Waals surface area contributed by atoms with E-state index < -0.39 is 0 Å². The Balaban J connectivity index is 2.48. The predicted octanol–water partition coefficient (Wildman–Crippen LogP) is 0.532. The molecule has 5 heteroatoms. The fourth-order valence-corrected chi connectivity index (χ4v) is 1.11. The Morgan fingerprint density at radius 2 is 1.88 bits per heavy atom. The van der Waals surface area contributed by atoms with E-state index in [4.69, 9.17) is 16.2 Å². The molecule has 0 atom stereocenters. The first kappa shape index (κ1) is 12.3. The van der Waals surface area contributed by atoms with Crippen LogP contribution in [0.4, 0.5) is 5.69 Å². The maximum atomic E-state index is 5.52. The average Bonchev–Trinajstić information content (AvgIpc) is 2.19. The van der Waals surface area contributed by atoms with Gasteiger partial charge in [0, 0.05) is 6.54 Å². The Labute approximate surface area is 95.7 Å². The molecule has 1 rings (SSSR count). The van der Waals surface area contributed by atoms with E-state index in [1.165, 1.54) is 0 Å². The third kappa shape index (κ3) is 4.65.